The van der Waals surface area contributed by atoms with E-state index in [1.165, 1.54) is 11.1 Å². The molecule has 1 atom stereocenters. The molecule has 1 heterocycles. The van der Waals surface area contributed by atoms with Crippen molar-refractivity contribution < 1.29 is 4.39 Å². The molecule has 0 bridgehead atoms. The molecule has 2 aromatic carbocycles. The Kier molecular flexibility index (Phi) is 3.60. The van der Waals surface area contributed by atoms with Gasteiger partial charge in [0.1, 0.15) is 5.82 Å². The first-order valence-electron chi connectivity index (χ1n) is 6.86. The molecule has 1 aliphatic rings. The van der Waals surface area contributed by atoms with Crippen molar-refractivity contribution in [3.05, 3.63) is 71.0 Å². The maximum absolute atomic E-state index is 13.6. The third kappa shape index (κ3) is 2.69. The smallest absolute Gasteiger partial charge is 0.126 e. The highest BCUT2D eigenvalue weighted by molar-refractivity contribution is 5.33. The Morgan fingerprint density at radius 2 is 1.84 bits per heavy atom. The molecule has 2 aromatic rings. The van der Waals surface area contributed by atoms with Gasteiger partial charge in [0.15, 0.2) is 0 Å². The van der Waals surface area contributed by atoms with Gasteiger partial charge in [0.2, 0.25) is 0 Å². The zero-order chi connectivity index (χ0) is 13.1. The molecule has 0 aliphatic carbocycles. The third-order valence-electron chi connectivity index (χ3n) is 3.92. The van der Waals surface area contributed by atoms with Crippen LogP contribution in [-0.2, 0) is 13.0 Å². The van der Waals surface area contributed by atoms with E-state index in [4.69, 9.17) is 0 Å². The molecule has 2 heteroatoms. The van der Waals surface area contributed by atoms with Gasteiger partial charge in [-0.15, -0.1) is 0 Å². The second-order valence-corrected chi connectivity index (χ2v) is 5.16. The van der Waals surface area contributed by atoms with Gasteiger partial charge in [0, 0.05) is 13.1 Å². The fourth-order valence-corrected chi connectivity index (χ4v) is 2.87. The van der Waals surface area contributed by atoms with Gasteiger partial charge < -0.3 is 5.32 Å². The number of nitrogens with one attached hydrogen (secondary N) is 1. The quantitative estimate of drug-likeness (QED) is 0.883. The molecule has 1 N–H and O–H groups in total. The van der Waals surface area contributed by atoms with Crippen LogP contribution < -0.4 is 5.32 Å². The topological polar surface area (TPSA) is 12.0 Å². The summed E-state index contributed by atoms with van der Waals surface area (Å²) in [4.78, 5) is 0. The average Bonchev–Trinajstić information content (AvgIpc) is 2.46. The molecule has 0 saturated heterocycles. The van der Waals surface area contributed by atoms with Crippen LogP contribution >= 0.6 is 0 Å². The summed E-state index contributed by atoms with van der Waals surface area (Å²) < 4.78 is 13.6. The van der Waals surface area contributed by atoms with E-state index in [0.717, 1.165) is 31.5 Å². The van der Waals surface area contributed by atoms with Crippen molar-refractivity contribution >= 4 is 0 Å². The van der Waals surface area contributed by atoms with Gasteiger partial charge in [-0.1, -0.05) is 42.5 Å². The van der Waals surface area contributed by atoms with Crippen LogP contribution in [0, 0.1) is 5.82 Å². The molecule has 1 nitrogen and oxygen atoms in total. The predicted molar refractivity (Wildman–Crippen MR) is 75.6 cm³/mol. The molecule has 0 saturated carbocycles. The highest BCUT2D eigenvalue weighted by Crippen LogP contribution is 2.28. The molecule has 1 unspecified atom stereocenters. The minimum absolute atomic E-state index is 0.0837. The Morgan fingerprint density at radius 1 is 1.05 bits per heavy atom. The number of benzene rings is 2. The molecule has 0 spiro atoms. The fraction of sp³-hybridized carbons (Fsp3) is 0.294. The summed E-state index contributed by atoms with van der Waals surface area (Å²) in [5, 5.41) is 3.45. The number of halogens is 1. The zero-order valence-electron chi connectivity index (χ0n) is 10.9. The molecule has 0 radical (unpaired) electrons. The van der Waals surface area contributed by atoms with Crippen molar-refractivity contribution in [2.75, 3.05) is 6.54 Å². The average molecular weight is 255 g/mol. The Balaban J connectivity index is 1.73. The van der Waals surface area contributed by atoms with E-state index in [1.807, 2.05) is 12.1 Å². The third-order valence-corrected chi connectivity index (χ3v) is 3.92. The first-order chi connectivity index (χ1) is 9.34. The first kappa shape index (κ1) is 12.4. The van der Waals surface area contributed by atoms with Crippen LogP contribution in [0.5, 0.6) is 0 Å². The lowest BCUT2D eigenvalue weighted by molar-refractivity contribution is 0.507. The summed E-state index contributed by atoms with van der Waals surface area (Å²) in [6, 6.07) is 15.7. The van der Waals surface area contributed by atoms with Crippen LogP contribution in [0.4, 0.5) is 4.39 Å². The Labute approximate surface area is 113 Å². The largest absolute Gasteiger partial charge is 0.312 e. The summed E-state index contributed by atoms with van der Waals surface area (Å²) in [7, 11) is 0. The van der Waals surface area contributed by atoms with Crippen LogP contribution in [0.15, 0.2) is 48.5 Å². The molecule has 0 amide bonds. The SMILES string of the molecule is Fc1ccccc1CCC1CNCc2ccccc21. The van der Waals surface area contributed by atoms with E-state index in [2.05, 4.69) is 29.6 Å². The van der Waals surface area contributed by atoms with E-state index in [-0.39, 0.29) is 5.82 Å². The minimum Gasteiger partial charge on any atom is -0.312 e. The van der Waals surface area contributed by atoms with E-state index in [1.54, 1.807) is 12.1 Å². The number of fused-ring (bicyclic) bond motifs is 1. The van der Waals surface area contributed by atoms with Gasteiger partial charge in [0.25, 0.3) is 0 Å². The van der Waals surface area contributed by atoms with Crippen molar-refractivity contribution in [2.45, 2.75) is 25.3 Å². The molecule has 3 rings (SSSR count). The Morgan fingerprint density at radius 3 is 2.74 bits per heavy atom. The van der Waals surface area contributed by atoms with Gasteiger partial charge in [-0.05, 0) is 41.5 Å². The van der Waals surface area contributed by atoms with Gasteiger partial charge in [-0.3, -0.25) is 0 Å². The van der Waals surface area contributed by atoms with Crippen molar-refractivity contribution in [1.29, 1.82) is 0 Å². The molecule has 0 aromatic heterocycles. The number of hydrogen-bond acceptors (Lipinski definition) is 1. The van der Waals surface area contributed by atoms with Crippen molar-refractivity contribution in [3.8, 4) is 0 Å². The van der Waals surface area contributed by atoms with Gasteiger partial charge in [-0.2, -0.15) is 0 Å². The summed E-state index contributed by atoms with van der Waals surface area (Å²) in [5.74, 6) is 0.407. The van der Waals surface area contributed by atoms with Crippen molar-refractivity contribution in [2.24, 2.45) is 0 Å². The van der Waals surface area contributed by atoms with Gasteiger partial charge >= 0.3 is 0 Å². The van der Waals surface area contributed by atoms with E-state index >= 15 is 0 Å². The maximum atomic E-state index is 13.6. The molecular weight excluding hydrogens is 237 g/mol. The number of aryl methyl sites for hydroxylation is 1. The highest BCUT2D eigenvalue weighted by atomic mass is 19.1. The summed E-state index contributed by atoms with van der Waals surface area (Å²) >= 11 is 0. The lowest BCUT2D eigenvalue weighted by Gasteiger charge is -2.26. The lowest BCUT2D eigenvalue weighted by atomic mass is 9.86. The zero-order valence-corrected chi connectivity index (χ0v) is 10.9. The standard InChI is InChI=1S/C17H18FN/c18-17-8-4-2-5-13(17)9-10-15-12-19-11-14-6-1-3-7-16(14)15/h1-8,15,19H,9-12H2. The van der Waals surface area contributed by atoms with Crippen molar-refractivity contribution in [3.63, 3.8) is 0 Å². The summed E-state index contributed by atoms with van der Waals surface area (Å²) in [6.07, 6.45) is 1.79. The Hall–Kier alpha value is -1.67. The molecule has 1 aliphatic heterocycles. The van der Waals surface area contributed by atoms with Gasteiger partial charge in [-0.25, -0.2) is 4.39 Å². The van der Waals surface area contributed by atoms with E-state index in [9.17, 15) is 4.39 Å². The fourth-order valence-electron chi connectivity index (χ4n) is 2.87. The monoisotopic (exact) mass is 255 g/mol. The van der Waals surface area contributed by atoms with E-state index < -0.39 is 0 Å². The van der Waals surface area contributed by atoms with Crippen LogP contribution in [0.25, 0.3) is 0 Å². The lowest BCUT2D eigenvalue weighted by Crippen LogP contribution is -2.28. The molecule has 0 fully saturated rings. The number of rotatable bonds is 3. The number of hydrogen-bond donors (Lipinski definition) is 1. The predicted octanol–water partition coefficient (Wildman–Crippen LogP) is 3.65. The van der Waals surface area contributed by atoms with Crippen LogP contribution in [0.1, 0.15) is 29.0 Å². The van der Waals surface area contributed by atoms with E-state index in [0.29, 0.717) is 5.92 Å². The summed E-state index contributed by atoms with van der Waals surface area (Å²) in [6.45, 7) is 1.94. The van der Waals surface area contributed by atoms with Crippen LogP contribution in [0.2, 0.25) is 0 Å². The van der Waals surface area contributed by atoms with Crippen LogP contribution in [0.3, 0.4) is 0 Å². The second kappa shape index (κ2) is 5.54. The van der Waals surface area contributed by atoms with Gasteiger partial charge in [0.05, 0.1) is 0 Å². The van der Waals surface area contributed by atoms with Crippen LogP contribution in [-0.4, -0.2) is 6.54 Å². The second-order valence-electron chi connectivity index (χ2n) is 5.16. The summed E-state index contributed by atoms with van der Waals surface area (Å²) in [5.41, 5.74) is 3.63. The first-order valence-corrected chi connectivity index (χ1v) is 6.86. The highest BCUT2D eigenvalue weighted by Gasteiger charge is 2.19. The van der Waals surface area contributed by atoms with Crippen molar-refractivity contribution in [1.82, 2.24) is 5.32 Å². The normalized spacial score (nSPS) is 18.1. The Bertz CT molecular complexity index is 565. The molecular formula is C17H18FN. The molecule has 98 valence electrons. The molecule has 19 heavy (non-hydrogen) atoms. The maximum Gasteiger partial charge on any atom is 0.126 e. The minimum atomic E-state index is -0.0837.